The van der Waals surface area contributed by atoms with Crippen LogP contribution in [0.3, 0.4) is 0 Å². The number of Topliss-reactive ketones (excluding diaryl/α,β-unsaturated/α-hetero) is 1. The van der Waals surface area contributed by atoms with E-state index in [2.05, 4.69) is 12.2 Å². The van der Waals surface area contributed by atoms with Crippen molar-refractivity contribution in [3.8, 4) is 0 Å². The molecule has 0 radical (unpaired) electrons. The maximum Gasteiger partial charge on any atom is 0.170 e. The van der Waals surface area contributed by atoms with Crippen LogP contribution in [-0.4, -0.2) is 11.0 Å². The van der Waals surface area contributed by atoms with Gasteiger partial charge in [-0.05, 0) is 24.3 Å². The van der Waals surface area contributed by atoms with E-state index in [1.54, 1.807) is 0 Å². The SMILES string of the molecule is O=C1c2ccccc2[C@@]2(OO)[C@H]1[C@H]1C=C[C@H]2CC1. The molecule has 0 unspecified atom stereocenters. The minimum Gasteiger partial charge on any atom is -0.294 e. The number of carbonyl (C=O) groups is 1. The van der Waals surface area contributed by atoms with Gasteiger partial charge in [0.1, 0.15) is 5.60 Å². The molecule has 1 aromatic rings. The number of rotatable bonds is 1. The van der Waals surface area contributed by atoms with Crippen LogP contribution in [0.4, 0.5) is 0 Å². The van der Waals surface area contributed by atoms with Crippen LogP contribution in [0.15, 0.2) is 36.4 Å². The Bertz CT molecular complexity index is 563. The molecule has 4 aliphatic rings. The summed E-state index contributed by atoms with van der Waals surface area (Å²) in [6.07, 6.45) is 6.21. The van der Waals surface area contributed by atoms with Crippen LogP contribution < -0.4 is 0 Å². The minimum absolute atomic E-state index is 0.102. The number of fused-ring (bicyclic) bond motifs is 2. The second kappa shape index (κ2) is 3.31. The highest BCUT2D eigenvalue weighted by atomic mass is 17.1. The first kappa shape index (κ1) is 10.5. The molecule has 0 saturated heterocycles. The van der Waals surface area contributed by atoms with Gasteiger partial charge < -0.3 is 0 Å². The van der Waals surface area contributed by atoms with Crippen LogP contribution in [0.1, 0.15) is 28.8 Å². The largest absolute Gasteiger partial charge is 0.294 e. The predicted molar refractivity (Wildman–Crippen MR) is 65.0 cm³/mol. The average molecular weight is 242 g/mol. The highest BCUT2D eigenvalue weighted by Crippen LogP contribution is 2.59. The van der Waals surface area contributed by atoms with Crippen LogP contribution in [-0.2, 0) is 10.5 Å². The Balaban J connectivity index is 2.02. The van der Waals surface area contributed by atoms with Gasteiger partial charge in [-0.3, -0.25) is 10.1 Å². The summed E-state index contributed by atoms with van der Waals surface area (Å²) < 4.78 is 0. The van der Waals surface area contributed by atoms with Gasteiger partial charge in [-0.25, -0.2) is 4.89 Å². The van der Waals surface area contributed by atoms with Gasteiger partial charge in [-0.2, -0.15) is 0 Å². The topological polar surface area (TPSA) is 46.5 Å². The molecule has 1 aromatic carbocycles. The maximum atomic E-state index is 12.6. The fraction of sp³-hybridized carbons (Fsp3) is 0.400. The molecular formula is C15H14O3. The number of carbonyl (C=O) groups excluding carboxylic acids is 1. The lowest BCUT2D eigenvalue weighted by molar-refractivity contribution is -0.359. The average Bonchev–Trinajstić information content (AvgIpc) is 2.73. The second-order valence-corrected chi connectivity index (χ2v) is 5.50. The van der Waals surface area contributed by atoms with Gasteiger partial charge in [0, 0.05) is 11.5 Å². The van der Waals surface area contributed by atoms with Crippen LogP contribution >= 0.6 is 0 Å². The Kier molecular flexibility index (Phi) is 1.92. The summed E-state index contributed by atoms with van der Waals surface area (Å²) in [6, 6.07) is 7.53. The predicted octanol–water partition coefficient (Wildman–Crippen LogP) is 2.78. The van der Waals surface area contributed by atoms with Crippen LogP contribution in [0, 0.1) is 17.8 Å². The van der Waals surface area contributed by atoms with Crippen molar-refractivity contribution in [3.05, 3.63) is 47.5 Å². The van der Waals surface area contributed by atoms with Gasteiger partial charge in [0.2, 0.25) is 0 Å². The fourth-order valence-corrected chi connectivity index (χ4v) is 4.16. The van der Waals surface area contributed by atoms with Crippen molar-refractivity contribution in [1.29, 1.82) is 0 Å². The van der Waals surface area contributed by atoms with Gasteiger partial charge >= 0.3 is 0 Å². The molecule has 92 valence electrons. The third-order valence-electron chi connectivity index (χ3n) is 4.89. The van der Waals surface area contributed by atoms with E-state index in [1.807, 2.05) is 24.3 Å². The molecule has 18 heavy (non-hydrogen) atoms. The fourth-order valence-electron chi connectivity index (χ4n) is 4.16. The molecule has 1 fully saturated rings. The number of allylic oxidation sites excluding steroid dienone is 1. The zero-order valence-electron chi connectivity index (χ0n) is 9.87. The van der Waals surface area contributed by atoms with E-state index < -0.39 is 5.60 Å². The minimum atomic E-state index is -0.828. The zero-order valence-corrected chi connectivity index (χ0v) is 9.87. The van der Waals surface area contributed by atoms with E-state index in [0.717, 1.165) is 24.0 Å². The summed E-state index contributed by atoms with van der Waals surface area (Å²) in [4.78, 5) is 17.5. The van der Waals surface area contributed by atoms with Crippen molar-refractivity contribution in [2.75, 3.05) is 0 Å². The number of hydrogen-bond acceptors (Lipinski definition) is 3. The molecule has 0 spiro atoms. The van der Waals surface area contributed by atoms with E-state index in [1.165, 1.54) is 0 Å². The van der Waals surface area contributed by atoms with Gasteiger partial charge in [-0.1, -0.05) is 36.4 Å². The van der Waals surface area contributed by atoms with Crippen LogP contribution in [0.2, 0.25) is 0 Å². The number of ketones is 1. The molecule has 1 N–H and O–H groups in total. The summed E-state index contributed by atoms with van der Waals surface area (Å²) in [5.74, 6) is 0.175. The van der Waals surface area contributed by atoms with E-state index in [4.69, 9.17) is 4.89 Å². The maximum absolute atomic E-state index is 12.6. The highest BCUT2D eigenvalue weighted by Gasteiger charge is 2.63. The summed E-state index contributed by atoms with van der Waals surface area (Å²) in [6.45, 7) is 0. The third-order valence-corrected chi connectivity index (χ3v) is 4.89. The molecule has 0 amide bonds. The first-order valence-electron chi connectivity index (χ1n) is 6.43. The number of benzene rings is 1. The number of hydrogen-bond donors (Lipinski definition) is 1. The molecule has 2 bridgehead atoms. The normalized spacial score (nSPS) is 39.8. The Morgan fingerprint density at radius 2 is 2.06 bits per heavy atom. The first-order valence-corrected chi connectivity index (χ1v) is 6.43. The molecule has 3 nitrogen and oxygen atoms in total. The Hall–Kier alpha value is -1.45. The van der Waals surface area contributed by atoms with E-state index in [-0.39, 0.29) is 23.5 Å². The lowest BCUT2D eigenvalue weighted by atomic mass is 9.59. The Labute approximate surface area is 105 Å². The lowest BCUT2D eigenvalue weighted by Crippen LogP contribution is -2.51. The van der Waals surface area contributed by atoms with Crippen molar-refractivity contribution in [1.82, 2.24) is 0 Å². The first-order chi connectivity index (χ1) is 8.79. The van der Waals surface area contributed by atoms with Crippen molar-refractivity contribution in [2.24, 2.45) is 17.8 Å². The summed E-state index contributed by atoms with van der Waals surface area (Å²) >= 11 is 0. The monoisotopic (exact) mass is 242 g/mol. The highest BCUT2D eigenvalue weighted by molar-refractivity contribution is 6.04. The van der Waals surface area contributed by atoms with E-state index in [0.29, 0.717) is 0 Å². The molecule has 3 heteroatoms. The van der Waals surface area contributed by atoms with Crippen molar-refractivity contribution < 1.29 is 14.9 Å². The smallest absolute Gasteiger partial charge is 0.170 e. The summed E-state index contributed by atoms with van der Waals surface area (Å²) in [5, 5.41) is 9.55. The van der Waals surface area contributed by atoms with Gasteiger partial charge in [0.15, 0.2) is 5.78 Å². The molecular weight excluding hydrogens is 228 g/mol. The van der Waals surface area contributed by atoms with Crippen LogP contribution in [0.5, 0.6) is 0 Å². The molecule has 0 aliphatic heterocycles. The van der Waals surface area contributed by atoms with Gasteiger partial charge in [0.25, 0.3) is 0 Å². The van der Waals surface area contributed by atoms with E-state index >= 15 is 0 Å². The quantitative estimate of drug-likeness (QED) is 0.468. The Morgan fingerprint density at radius 1 is 1.22 bits per heavy atom. The van der Waals surface area contributed by atoms with Crippen molar-refractivity contribution >= 4 is 5.78 Å². The lowest BCUT2D eigenvalue weighted by Gasteiger charge is -2.48. The van der Waals surface area contributed by atoms with Gasteiger partial charge in [0.05, 0.1) is 5.92 Å². The standard InChI is InChI=1S/C15H14O3/c16-14-11-3-1-2-4-12(11)15(18-17)10-7-5-9(6-8-10)13(14)15/h1-5,7,9-10,13,17H,6,8H2/t9-,10-,13-,15+/m0/s1. The van der Waals surface area contributed by atoms with Gasteiger partial charge in [-0.15, -0.1) is 0 Å². The van der Waals surface area contributed by atoms with Crippen molar-refractivity contribution in [3.63, 3.8) is 0 Å². The molecule has 1 saturated carbocycles. The molecule has 4 aliphatic carbocycles. The summed E-state index contributed by atoms with van der Waals surface area (Å²) in [7, 11) is 0. The molecule has 4 atom stereocenters. The zero-order chi connectivity index (χ0) is 12.3. The summed E-state index contributed by atoms with van der Waals surface area (Å²) in [5.41, 5.74) is 0.754. The van der Waals surface area contributed by atoms with Crippen molar-refractivity contribution in [2.45, 2.75) is 18.4 Å². The van der Waals surface area contributed by atoms with E-state index in [9.17, 15) is 10.1 Å². The second-order valence-electron chi connectivity index (χ2n) is 5.50. The molecule has 0 heterocycles. The molecule has 0 aromatic heterocycles. The van der Waals surface area contributed by atoms with Crippen LogP contribution in [0.25, 0.3) is 0 Å². The third kappa shape index (κ3) is 0.967. The Morgan fingerprint density at radius 3 is 2.78 bits per heavy atom. The molecule has 5 rings (SSSR count).